The number of nitrogens with one attached hydrogen (secondary N) is 1. The Balaban J connectivity index is 1.82. The zero-order valence-electron chi connectivity index (χ0n) is 16.0. The number of fused-ring (bicyclic) bond motifs is 1. The molecule has 4 aromatic rings. The molecule has 0 aliphatic heterocycles. The Bertz CT molecular complexity index is 1280. The molecule has 0 aliphatic rings. The summed E-state index contributed by atoms with van der Waals surface area (Å²) in [5, 5.41) is 0.885. The molecule has 4 rings (SSSR count). The third-order valence-corrected chi connectivity index (χ3v) is 5.90. The molecule has 0 aliphatic carbocycles. The first-order chi connectivity index (χ1) is 13.9. The number of aromatic amines is 1. The average Bonchev–Trinajstić information content (AvgIpc) is 3.12. The minimum absolute atomic E-state index is 0.270. The summed E-state index contributed by atoms with van der Waals surface area (Å²) in [5.74, 6) is 0.442. The number of hydrogen-bond donors (Lipinski definition) is 2. The van der Waals surface area contributed by atoms with E-state index in [4.69, 9.17) is 10.5 Å². The molecule has 1 aromatic carbocycles. The fourth-order valence-corrected chi connectivity index (χ4v) is 3.99. The lowest BCUT2D eigenvalue weighted by atomic mass is 10.0. The first kappa shape index (κ1) is 19.1. The van der Waals surface area contributed by atoms with E-state index in [0.717, 1.165) is 27.6 Å². The number of pyridine rings is 2. The first-order valence-electron chi connectivity index (χ1n) is 8.88. The van der Waals surface area contributed by atoms with Crippen LogP contribution in [0.2, 0.25) is 0 Å². The van der Waals surface area contributed by atoms with Gasteiger partial charge in [0.05, 0.1) is 4.90 Å². The van der Waals surface area contributed by atoms with Crippen LogP contribution in [0.15, 0.2) is 66.0 Å². The lowest BCUT2D eigenvalue weighted by Crippen LogP contribution is -2.04. The number of sulfone groups is 1. The summed E-state index contributed by atoms with van der Waals surface area (Å²) in [5.41, 5.74) is 9.77. The van der Waals surface area contributed by atoms with Crippen LogP contribution in [-0.4, -0.2) is 36.7 Å². The van der Waals surface area contributed by atoms with Gasteiger partial charge in [-0.15, -0.1) is 0 Å². The predicted octanol–water partition coefficient (Wildman–Crippen LogP) is 3.35. The number of H-pyrrole nitrogens is 1. The summed E-state index contributed by atoms with van der Waals surface area (Å²) >= 11 is 0. The molecule has 0 fully saturated rings. The van der Waals surface area contributed by atoms with Gasteiger partial charge in [-0.1, -0.05) is 18.2 Å². The SMILES string of the molecule is COC(c1ccc(N)nc1)c1c[nH]c2ncc(-c3cccc(S(C)(=O)=O)c3)cc12. The third-order valence-electron chi connectivity index (χ3n) is 4.79. The Morgan fingerprint density at radius 1 is 1.07 bits per heavy atom. The second-order valence-electron chi connectivity index (χ2n) is 6.80. The summed E-state index contributed by atoms with van der Waals surface area (Å²) in [6.07, 6.45) is 6.11. The number of ether oxygens (including phenoxy) is 1. The highest BCUT2D eigenvalue weighted by Gasteiger charge is 2.19. The lowest BCUT2D eigenvalue weighted by Gasteiger charge is -2.15. The molecule has 0 bridgehead atoms. The second-order valence-corrected chi connectivity index (χ2v) is 8.81. The van der Waals surface area contributed by atoms with Gasteiger partial charge < -0.3 is 15.5 Å². The maximum absolute atomic E-state index is 11.9. The number of methoxy groups -OCH3 is 1. The maximum Gasteiger partial charge on any atom is 0.175 e. The second kappa shape index (κ2) is 7.31. The van der Waals surface area contributed by atoms with Crippen molar-refractivity contribution in [3.8, 4) is 11.1 Å². The van der Waals surface area contributed by atoms with Crippen molar-refractivity contribution in [3.05, 3.63) is 72.2 Å². The molecule has 1 unspecified atom stereocenters. The Morgan fingerprint density at radius 2 is 1.90 bits per heavy atom. The Hall–Kier alpha value is -3.23. The highest BCUT2D eigenvalue weighted by atomic mass is 32.2. The van der Waals surface area contributed by atoms with Crippen LogP contribution in [0.3, 0.4) is 0 Å². The van der Waals surface area contributed by atoms with Crippen molar-refractivity contribution in [1.29, 1.82) is 0 Å². The quantitative estimate of drug-likeness (QED) is 0.524. The molecule has 0 amide bonds. The number of hydrogen-bond acceptors (Lipinski definition) is 6. The fraction of sp³-hybridized carbons (Fsp3) is 0.143. The summed E-state index contributed by atoms with van der Waals surface area (Å²) in [6.45, 7) is 0. The van der Waals surface area contributed by atoms with E-state index in [0.29, 0.717) is 11.5 Å². The molecular formula is C21H20N4O3S. The average molecular weight is 408 g/mol. The van der Waals surface area contributed by atoms with Crippen molar-refractivity contribution < 1.29 is 13.2 Å². The van der Waals surface area contributed by atoms with Crippen molar-refractivity contribution >= 4 is 26.7 Å². The molecular weight excluding hydrogens is 388 g/mol. The third kappa shape index (κ3) is 3.72. The Morgan fingerprint density at radius 3 is 2.59 bits per heavy atom. The van der Waals surface area contributed by atoms with Gasteiger partial charge in [0.25, 0.3) is 0 Å². The minimum Gasteiger partial charge on any atom is -0.384 e. The Kier molecular flexibility index (Phi) is 4.81. The van der Waals surface area contributed by atoms with E-state index in [-0.39, 0.29) is 11.0 Å². The van der Waals surface area contributed by atoms with Gasteiger partial charge in [-0.3, -0.25) is 0 Å². The van der Waals surface area contributed by atoms with Crippen molar-refractivity contribution in [3.63, 3.8) is 0 Å². The molecule has 3 N–H and O–H groups in total. The molecule has 29 heavy (non-hydrogen) atoms. The van der Waals surface area contributed by atoms with Crippen molar-refractivity contribution in [2.75, 3.05) is 19.1 Å². The highest BCUT2D eigenvalue weighted by Crippen LogP contribution is 2.33. The van der Waals surface area contributed by atoms with Crippen LogP contribution >= 0.6 is 0 Å². The van der Waals surface area contributed by atoms with Gasteiger partial charge in [-0.2, -0.15) is 0 Å². The number of nitrogens with zero attached hydrogens (tertiary/aromatic N) is 2. The zero-order valence-corrected chi connectivity index (χ0v) is 16.8. The lowest BCUT2D eigenvalue weighted by molar-refractivity contribution is 0.137. The monoisotopic (exact) mass is 408 g/mol. The summed E-state index contributed by atoms with van der Waals surface area (Å²) < 4.78 is 29.5. The van der Waals surface area contributed by atoms with Crippen LogP contribution in [0, 0.1) is 0 Å². The van der Waals surface area contributed by atoms with E-state index < -0.39 is 9.84 Å². The molecule has 3 aromatic heterocycles. The van der Waals surface area contributed by atoms with Gasteiger partial charge in [0.2, 0.25) is 0 Å². The van der Waals surface area contributed by atoms with E-state index in [1.54, 1.807) is 43.8 Å². The maximum atomic E-state index is 11.9. The molecule has 7 nitrogen and oxygen atoms in total. The van der Waals surface area contributed by atoms with Gasteiger partial charge in [-0.25, -0.2) is 18.4 Å². The number of nitrogen functional groups attached to an aromatic ring is 1. The largest absolute Gasteiger partial charge is 0.384 e. The predicted molar refractivity (Wildman–Crippen MR) is 112 cm³/mol. The first-order valence-corrected chi connectivity index (χ1v) is 10.8. The van der Waals surface area contributed by atoms with E-state index in [1.165, 1.54) is 6.26 Å². The molecule has 8 heteroatoms. The molecule has 1 atom stereocenters. The molecule has 0 saturated carbocycles. The normalized spacial score (nSPS) is 12.9. The fourth-order valence-electron chi connectivity index (χ4n) is 3.32. The molecule has 148 valence electrons. The molecule has 3 heterocycles. The molecule has 0 saturated heterocycles. The topological polar surface area (TPSA) is 111 Å². The number of benzene rings is 1. The number of aromatic nitrogens is 3. The Labute approximate surface area is 168 Å². The van der Waals surface area contributed by atoms with Crippen LogP contribution in [0.1, 0.15) is 17.2 Å². The van der Waals surface area contributed by atoms with Gasteiger partial charge in [-0.05, 0) is 29.8 Å². The van der Waals surface area contributed by atoms with Crippen molar-refractivity contribution in [2.45, 2.75) is 11.0 Å². The summed E-state index contributed by atoms with van der Waals surface area (Å²) in [4.78, 5) is 12.1. The smallest absolute Gasteiger partial charge is 0.175 e. The van der Waals surface area contributed by atoms with Crippen LogP contribution < -0.4 is 5.73 Å². The highest BCUT2D eigenvalue weighted by molar-refractivity contribution is 7.90. The molecule has 0 spiro atoms. The van der Waals surface area contributed by atoms with Crippen LogP contribution in [0.5, 0.6) is 0 Å². The van der Waals surface area contributed by atoms with Gasteiger partial charge in [0.15, 0.2) is 9.84 Å². The van der Waals surface area contributed by atoms with Crippen LogP contribution in [0.25, 0.3) is 22.2 Å². The van der Waals surface area contributed by atoms with Crippen molar-refractivity contribution in [2.24, 2.45) is 0 Å². The van der Waals surface area contributed by atoms with Crippen molar-refractivity contribution in [1.82, 2.24) is 15.0 Å². The van der Waals surface area contributed by atoms with Gasteiger partial charge >= 0.3 is 0 Å². The van der Waals surface area contributed by atoms with Gasteiger partial charge in [0.1, 0.15) is 17.6 Å². The van der Waals surface area contributed by atoms with E-state index in [2.05, 4.69) is 15.0 Å². The summed E-state index contributed by atoms with van der Waals surface area (Å²) in [6, 6.07) is 12.4. The van der Waals surface area contributed by atoms with Crippen LogP contribution in [0.4, 0.5) is 5.82 Å². The van der Waals surface area contributed by atoms with Gasteiger partial charge in [0, 0.05) is 54.0 Å². The zero-order chi connectivity index (χ0) is 20.6. The van der Waals surface area contributed by atoms with E-state index in [1.807, 2.05) is 24.4 Å². The van der Waals surface area contributed by atoms with Crippen LogP contribution in [-0.2, 0) is 14.6 Å². The number of nitrogens with two attached hydrogens (primary N) is 1. The van der Waals surface area contributed by atoms with E-state index >= 15 is 0 Å². The number of rotatable bonds is 5. The standard InChI is InChI=1S/C21H20N4O3S/c1-28-20(14-6-7-19(22)23-10-14)18-12-25-21-17(18)9-15(11-24-21)13-4-3-5-16(8-13)29(2,26)27/h3-12,20H,1-2H3,(H2,22,23)(H,24,25). The number of anilines is 1. The minimum atomic E-state index is -3.29. The summed E-state index contributed by atoms with van der Waals surface area (Å²) in [7, 11) is -1.66. The van der Waals surface area contributed by atoms with E-state index in [9.17, 15) is 8.42 Å². The molecule has 0 radical (unpaired) electrons.